The van der Waals surface area contributed by atoms with E-state index in [1.54, 1.807) is 0 Å². The Balaban J connectivity index is 2.83. The van der Waals surface area contributed by atoms with Crippen LogP contribution in [0.25, 0.3) is 0 Å². The lowest BCUT2D eigenvalue weighted by molar-refractivity contribution is 0.0853. The third-order valence-corrected chi connectivity index (χ3v) is 2.92. The second-order valence-electron chi connectivity index (χ2n) is 7.23. The highest BCUT2D eigenvalue weighted by Gasteiger charge is 2.25. The third kappa shape index (κ3) is 5.06. The molecule has 0 saturated carbocycles. The van der Waals surface area contributed by atoms with Crippen molar-refractivity contribution in [2.45, 2.75) is 48.0 Å². The lowest BCUT2D eigenvalue weighted by atomic mass is 9.86. The van der Waals surface area contributed by atoms with Gasteiger partial charge in [-0.3, -0.25) is 4.79 Å². The summed E-state index contributed by atoms with van der Waals surface area (Å²) in [6, 6.07) is 7.52. The SMILES string of the molecule is CC(C)(C)CCOc1ccccc1C(=O)C(C)(C)C. The van der Waals surface area contributed by atoms with Gasteiger partial charge in [0.05, 0.1) is 12.2 Å². The Morgan fingerprint density at radius 3 is 2.16 bits per heavy atom. The normalized spacial score (nSPS) is 12.3. The molecule has 1 aromatic carbocycles. The van der Waals surface area contributed by atoms with Crippen LogP contribution in [-0.2, 0) is 0 Å². The smallest absolute Gasteiger partial charge is 0.171 e. The van der Waals surface area contributed by atoms with Crippen molar-refractivity contribution in [2.24, 2.45) is 10.8 Å². The second-order valence-corrected chi connectivity index (χ2v) is 7.23. The molecule has 0 fully saturated rings. The topological polar surface area (TPSA) is 26.3 Å². The van der Waals surface area contributed by atoms with Crippen LogP contribution in [0.4, 0.5) is 0 Å². The van der Waals surface area contributed by atoms with Gasteiger partial charge < -0.3 is 4.74 Å². The molecular weight excluding hydrogens is 236 g/mol. The number of benzene rings is 1. The van der Waals surface area contributed by atoms with Crippen molar-refractivity contribution < 1.29 is 9.53 Å². The molecule has 0 heterocycles. The molecule has 1 aromatic rings. The van der Waals surface area contributed by atoms with Crippen molar-refractivity contribution in [3.63, 3.8) is 0 Å². The summed E-state index contributed by atoms with van der Waals surface area (Å²) in [4.78, 5) is 12.4. The van der Waals surface area contributed by atoms with Crippen molar-refractivity contribution in [3.8, 4) is 5.75 Å². The van der Waals surface area contributed by atoms with Gasteiger partial charge in [-0.2, -0.15) is 0 Å². The summed E-state index contributed by atoms with van der Waals surface area (Å²) in [5.74, 6) is 0.825. The largest absolute Gasteiger partial charge is 0.493 e. The van der Waals surface area contributed by atoms with Crippen LogP contribution in [0.3, 0.4) is 0 Å². The van der Waals surface area contributed by atoms with E-state index in [1.807, 2.05) is 45.0 Å². The molecule has 0 N–H and O–H groups in total. The molecule has 0 unspecified atom stereocenters. The van der Waals surface area contributed by atoms with Crippen LogP contribution in [0.1, 0.15) is 58.3 Å². The van der Waals surface area contributed by atoms with E-state index in [9.17, 15) is 4.79 Å². The highest BCUT2D eigenvalue weighted by molar-refractivity contribution is 6.02. The molecule has 0 bridgehead atoms. The van der Waals surface area contributed by atoms with Gasteiger partial charge in [-0.05, 0) is 24.0 Å². The molecule has 1 rings (SSSR count). The average molecular weight is 262 g/mol. The Morgan fingerprint density at radius 1 is 1.05 bits per heavy atom. The molecule has 0 aromatic heterocycles. The third-order valence-electron chi connectivity index (χ3n) is 2.92. The minimum Gasteiger partial charge on any atom is -0.493 e. The summed E-state index contributed by atoms with van der Waals surface area (Å²) < 4.78 is 5.81. The molecule has 0 saturated heterocycles. The molecule has 0 atom stereocenters. The van der Waals surface area contributed by atoms with E-state index in [2.05, 4.69) is 20.8 Å². The molecule has 2 nitrogen and oxygen atoms in total. The first-order valence-corrected chi connectivity index (χ1v) is 6.88. The number of Topliss-reactive ketones (excluding diaryl/α,β-unsaturated/α-hetero) is 1. The summed E-state index contributed by atoms with van der Waals surface area (Å²) in [7, 11) is 0. The number of carbonyl (C=O) groups excluding carboxylic acids is 1. The van der Waals surface area contributed by atoms with Crippen LogP contribution >= 0.6 is 0 Å². The zero-order valence-electron chi connectivity index (χ0n) is 13.0. The average Bonchev–Trinajstić information content (AvgIpc) is 2.26. The van der Waals surface area contributed by atoms with Gasteiger partial charge in [-0.15, -0.1) is 0 Å². The molecule has 0 spiro atoms. The van der Waals surface area contributed by atoms with Crippen molar-refractivity contribution in [1.82, 2.24) is 0 Å². The van der Waals surface area contributed by atoms with Gasteiger partial charge in [0.1, 0.15) is 5.75 Å². The van der Waals surface area contributed by atoms with Gasteiger partial charge in [0.15, 0.2) is 5.78 Å². The summed E-state index contributed by atoms with van der Waals surface area (Å²) >= 11 is 0. The van der Waals surface area contributed by atoms with E-state index in [0.29, 0.717) is 17.9 Å². The predicted molar refractivity (Wildman–Crippen MR) is 79.8 cm³/mol. The molecule has 2 heteroatoms. The van der Waals surface area contributed by atoms with Crippen LogP contribution in [0.15, 0.2) is 24.3 Å². The Hall–Kier alpha value is -1.31. The van der Waals surface area contributed by atoms with Gasteiger partial charge in [-0.1, -0.05) is 53.7 Å². The van der Waals surface area contributed by atoms with E-state index in [4.69, 9.17) is 4.74 Å². The van der Waals surface area contributed by atoms with Crippen molar-refractivity contribution in [2.75, 3.05) is 6.61 Å². The summed E-state index contributed by atoms with van der Waals surface area (Å²) in [5.41, 5.74) is 0.538. The lowest BCUT2D eigenvalue weighted by Gasteiger charge is -2.21. The minimum absolute atomic E-state index is 0.124. The lowest BCUT2D eigenvalue weighted by Crippen LogP contribution is -2.21. The number of ketones is 1. The first-order valence-electron chi connectivity index (χ1n) is 6.88. The predicted octanol–water partition coefficient (Wildman–Crippen LogP) is 4.73. The molecule has 0 aliphatic rings. The van der Waals surface area contributed by atoms with E-state index in [0.717, 1.165) is 6.42 Å². The van der Waals surface area contributed by atoms with Crippen LogP contribution in [-0.4, -0.2) is 12.4 Å². The number of para-hydroxylation sites is 1. The van der Waals surface area contributed by atoms with Crippen LogP contribution in [0.5, 0.6) is 5.75 Å². The minimum atomic E-state index is -0.385. The van der Waals surface area contributed by atoms with E-state index in [1.165, 1.54) is 0 Å². The number of carbonyl (C=O) groups is 1. The van der Waals surface area contributed by atoms with Gasteiger partial charge in [0.25, 0.3) is 0 Å². The maximum atomic E-state index is 12.4. The molecule has 0 radical (unpaired) electrons. The van der Waals surface area contributed by atoms with Crippen molar-refractivity contribution in [3.05, 3.63) is 29.8 Å². The molecule has 106 valence electrons. The fraction of sp³-hybridized carbons (Fsp3) is 0.588. The Kier molecular flexibility index (Phi) is 4.78. The van der Waals surface area contributed by atoms with Crippen molar-refractivity contribution >= 4 is 5.78 Å². The zero-order valence-corrected chi connectivity index (χ0v) is 13.0. The van der Waals surface area contributed by atoms with Crippen LogP contribution < -0.4 is 4.74 Å². The first-order chi connectivity index (χ1) is 8.61. The van der Waals surface area contributed by atoms with Crippen molar-refractivity contribution in [1.29, 1.82) is 0 Å². The highest BCUT2D eigenvalue weighted by Crippen LogP contribution is 2.28. The molecule has 0 aliphatic carbocycles. The summed E-state index contributed by atoms with van der Waals surface area (Å²) in [6.45, 7) is 13.0. The number of rotatable bonds is 4. The maximum absolute atomic E-state index is 12.4. The number of ether oxygens (including phenoxy) is 1. The fourth-order valence-corrected chi connectivity index (χ4v) is 1.65. The monoisotopic (exact) mass is 262 g/mol. The van der Waals surface area contributed by atoms with Gasteiger partial charge in [0, 0.05) is 5.41 Å². The van der Waals surface area contributed by atoms with Crippen LogP contribution in [0, 0.1) is 10.8 Å². The standard InChI is InChI=1S/C17H26O2/c1-16(2,3)11-12-19-14-10-8-7-9-13(14)15(18)17(4,5)6/h7-10H,11-12H2,1-6H3. The Labute approximate surface area is 117 Å². The first kappa shape index (κ1) is 15.7. The van der Waals surface area contributed by atoms with Crippen LogP contribution in [0.2, 0.25) is 0 Å². The summed E-state index contributed by atoms with van der Waals surface area (Å²) in [5, 5.41) is 0. The second kappa shape index (κ2) is 5.77. The zero-order chi connectivity index (χ0) is 14.7. The maximum Gasteiger partial charge on any atom is 0.171 e. The molecular formula is C17H26O2. The fourth-order valence-electron chi connectivity index (χ4n) is 1.65. The molecule has 0 amide bonds. The molecule has 0 aliphatic heterocycles. The van der Waals surface area contributed by atoms with E-state index < -0.39 is 0 Å². The molecule has 19 heavy (non-hydrogen) atoms. The number of hydrogen-bond donors (Lipinski definition) is 0. The summed E-state index contributed by atoms with van der Waals surface area (Å²) in [6.07, 6.45) is 0.963. The Morgan fingerprint density at radius 2 is 1.63 bits per heavy atom. The van der Waals surface area contributed by atoms with Gasteiger partial charge in [-0.25, -0.2) is 0 Å². The number of hydrogen-bond acceptors (Lipinski definition) is 2. The Bertz CT molecular complexity index is 433. The van der Waals surface area contributed by atoms with E-state index >= 15 is 0 Å². The van der Waals surface area contributed by atoms with E-state index in [-0.39, 0.29) is 16.6 Å². The highest BCUT2D eigenvalue weighted by atomic mass is 16.5. The van der Waals surface area contributed by atoms with Gasteiger partial charge >= 0.3 is 0 Å². The quantitative estimate of drug-likeness (QED) is 0.733. The van der Waals surface area contributed by atoms with Gasteiger partial charge in [0.2, 0.25) is 0 Å².